The van der Waals surface area contributed by atoms with Gasteiger partial charge in [-0.15, -0.1) is 0 Å². The van der Waals surface area contributed by atoms with Crippen LogP contribution in [0, 0.1) is 6.92 Å². The summed E-state index contributed by atoms with van der Waals surface area (Å²) >= 11 is 3.44. The van der Waals surface area contributed by atoms with E-state index in [4.69, 9.17) is 5.73 Å². The van der Waals surface area contributed by atoms with Crippen LogP contribution in [-0.4, -0.2) is 5.91 Å². The minimum atomic E-state index is -0.665. The third-order valence-corrected chi connectivity index (χ3v) is 3.73. The van der Waals surface area contributed by atoms with Gasteiger partial charge in [0, 0.05) is 10.2 Å². The summed E-state index contributed by atoms with van der Waals surface area (Å²) < 4.78 is 0.957. The molecule has 1 amide bonds. The van der Waals surface area contributed by atoms with E-state index in [1.807, 2.05) is 55.5 Å². The van der Waals surface area contributed by atoms with Gasteiger partial charge in [-0.3, -0.25) is 4.79 Å². The molecule has 0 saturated carbocycles. The maximum Gasteiger partial charge on any atom is 0.245 e. The lowest BCUT2D eigenvalue weighted by Gasteiger charge is -2.13. The number of anilines is 1. The van der Waals surface area contributed by atoms with Gasteiger partial charge in [0.15, 0.2) is 0 Å². The summed E-state index contributed by atoms with van der Waals surface area (Å²) in [6.07, 6.45) is 0. The second kappa shape index (κ2) is 5.99. The van der Waals surface area contributed by atoms with Crippen LogP contribution in [0.1, 0.15) is 17.2 Å². The number of aryl methyl sites for hydroxylation is 1. The molecule has 2 rings (SSSR count). The van der Waals surface area contributed by atoms with Gasteiger partial charge in [-0.05, 0) is 30.2 Å². The van der Waals surface area contributed by atoms with Crippen molar-refractivity contribution in [3.63, 3.8) is 0 Å². The SMILES string of the molecule is Cc1ccc(NC(=O)[C@H](N)c2ccccc2)cc1Br. The summed E-state index contributed by atoms with van der Waals surface area (Å²) in [5.74, 6) is -0.220. The van der Waals surface area contributed by atoms with Crippen LogP contribution in [0.5, 0.6) is 0 Å². The number of carbonyl (C=O) groups excluding carboxylic acids is 1. The molecule has 0 unspecified atom stereocenters. The highest BCUT2D eigenvalue weighted by atomic mass is 79.9. The van der Waals surface area contributed by atoms with E-state index in [9.17, 15) is 4.79 Å². The van der Waals surface area contributed by atoms with Crippen molar-refractivity contribution in [3.8, 4) is 0 Å². The molecule has 0 radical (unpaired) electrons. The summed E-state index contributed by atoms with van der Waals surface area (Å²) in [7, 11) is 0. The lowest BCUT2D eigenvalue weighted by atomic mass is 10.1. The number of hydrogen-bond donors (Lipinski definition) is 2. The number of benzene rings is 2. The highest BCUT2D eigenvalue weighted by molar-refractivity contribution is 9.10. The molecule has 0 aliphatic rings. The Morgan fingerprint density at radius 2 is 1.89 bits per heavy atom. The smallest absolute Gasteiger partial charge is 0.245 e. The Kier molecular flexibility index (Phi) is 4.35. The van der Waals surface area contributed by atoms with Crippen molar-refractivity contribution in [2.45, 2.75) is 13.0 Å². The van der Waals surface area contributed by atoms with E-state index in [-0.39, 0.29) is 5.91 Å². The van der Waals surface area contributed by atoms with Gasteiger partial charge >= 0.3 is 0 Å². The second-order valence-corrected chi connectivity index (χ2v) is 5.20. The Morgan fingerprint density at radius 3 is 2.53 bits per heavy atom. The van der Waals surface area contributed by atoms with Gasteiger partial charge < -0.3 is 11.1 Å². The van der Waals surface area contributed by atoms with Crippen molar-refractivity contribution in [2.24, 2.45) is 5.73 Å². The van der Waals surface area contributed by atoms with Gasteiger partial charge in [-0.1, -0.05) is 52.3 Å². The minimum absolute atomic E-state index is 0.220. The van der Waals surface area contributed by atoms with Crippen LogP contribution in [0.2, 0.25) is 0 Å². The Labute approximate surface area is 121 Å². The average Bonchev–Trinajstić information content (AvgIpc) is 2.43. The molecule has 0 bridgehead atoms. The zero-order valence-electron chi connectivity index (χ0n) is 10.6. The zero-order chi connectivity index (χ0) is 13.8. The van der Waals surface area contributed by atoms with E-state index in [0.29, 0.717) is 0 Å². The number of halogens is 1. The largest absolute Gasteiger partial charge is 0.324 e. The molecule has 4 heteroatoms. The van der Waals surface area contributed by atoms with Gasteiger partial charge in [0.05, 0.1) is 0 Å². The fraction of sp³-hybridized carbons (Fsp3) is 0.133. The topological polar surface area (TPSA) is 55.1 Å². The van der Waals surface area contributed by atoms with Crippen molar-refractivity contribution >= 4 is 27.5 Å². The maximum atomic E-state index is 12.1. The van der Waals surface area contributed by atoms with Crippen LogP contribution in [0.15, 0.2) is 53.0 Å². The molecule has 2 aromatic rings. The number of hydrogen-bond acceptors (Lipinski definition) is 2. The van der Waals surface area contributed by atoms with Gasteiger partial charge in [-0.2, -0.15) is 0 Å². The van der Waals surface area contributed by atoms with Crippen LogP contribution in [0.4, 0.5) is 5.69 Å². The van der Waals surface area contributed by atoms with E-state index in [1.54, 1.807) is 0 Å². The molecule has 98 valence electrons. The predicted molar refractivity (Wildman–Crippen MR) is 80.9 cm³/mol. The van der Waals surface area contributed by atoms with Crippen LogP contribution in [0.3, 0.4) is 0 Å². The molecular weight excluding hydrogens is 304 g/mol. The summed E-state index contributed by atoms with van der Waals surface area (Å²) in [6, 6.07) is 14.3. The van der Waals surface area contributed by atoms with Gasteiger partial charge in [0.25, 0.3) is 0 Å². The van der Waals surface area contributed by atoms with Crippen LogP contribution in [0.25, 0.3) is 0 Å². The molecule has 0 saturated heterocycles. The van der Waals surface area contributed by atoms with Gasteiger partial charge in [0.2, 0.25) is 5.91 Å². The minimum Gasteiger partial charge on any atom is -0.324 e. The second-order valence-electron chi connectivity index (χ2n) is 4.34. The fourth-order valence-electron chi connectivity index (χ4n) is 1.70. The predicted octanol–water partition coefficient (Wildman–Crippen LogP) is 3.40. The molecule has 1 atom stereocenters. The molecule has 0 heterocycles. The van der Waals surface area contributed by atoms with E-state index in [0.717, 1.165) is 21.3 Å². The first kappa shape index (κ1) is 13.8. The zero-order valence-corrected chi connectivity index (χ0v) is 12.1. The lowest BCUT2D eigenvalue weighted by molar-refractivity contribution is -0.117. The Balaban J connectivity index is 2.10. The number of carbonyl (C=O) groups is 1. The molecule has 0 aliphatic carbocycles. The molecule has 3 nitrogen and oxygen atoms in total. The van der Waals surface area contributed by atoms with E-state index < -0.39 is 6.04 Å². The third-order valence-electron chi connectivity index (χ3n) is 2.88. The van der Waals surface area contributed by atoms with Crippen molar-refractivity contribution in [1.82, 2.24) is 0 Å². The van der Waals surface area contributed by atoms with Gasteiger partial charge in [0.1, 0.15) is 6.04 Å². The highest BCUT2D eigenvalue weighted by Gasteiger charge is 2.15. The van der Waals surface area contributed by atoms with Crippen LogP contribution >= 0.6 is 15.9 Å². The Morgan fingerprint density at radius 1 is 1.21 bits per heavy atom. The molecule has 3 N–H and O–H groups in total. The summed E-state index contributed by atoms with van der Waals surface area (Å²) in [5, 5.41) is 2.81. The summed E-state index contributed by atoms with van der Waals surface area (Å²) in [6.45, 7) is 1.99. The molecule has 0 fully saturated rings. The number of rotatable bonds is 3. The number of nitrogens with one attached hydrogen (secondary N) is 1. The lowest BCUT2D eigenvalue weighted by Crippen LogP contribution is -2.27. The summed E-state index contributed by atoms with van der Waals surface area (Å²) in [5.41, 5.74) is 8.57. The first-order valence-corrected chi connectivity index (χ1v) is 6.75. The van der Waals surface area contributed by atoms with Gasteiger partial charge in [-0.25, -0.2) is 0 Å². The molecule has 19 heavy (non-hydrogen) atoms. The number of amides is 1. The highest BCUT2D eigenvalue weighted by Crippen LogP contribution is 2.21. The monoisotopic (exact) mass is 318 g/mol. The van der Waals surface area contributed by atoms with Crippen molar-refractivity contribution in [3.05, 3.63) is 64.1 Å². The fourth-order valence-corrected chi connectivity index (χ4v) is 2.08. The molecule has 0 aromatic heterocycles. The molecule has 0 spiro atoms. The van der Waals surface area contributed by atoms with E-state index in [2.05, 4.69) is 21.2 Å². The van der Waals surface area contributed by atoms with Crippen molar-refractivity contribution in [2.75, 3.05) is 5.32 Å². The molecular formula is C15H15BrN2O. The third kappa shape index (κ3) is 3.43. The first-order valence-electron chi connectivity index (χ1n) is 5.95. The van der Waals surface area contributed by atoms with Crippen molar-refractivity contribution < 1.29 is 4.79 Å². The average molecular weight is 319 g/mol. The van der Waals surface area contributed by atoms with E-state index >= 15 is 0 Å². The van der Waals surface area contributed by atoms with Crippen molar-refractivity contribution in [1.29, 1.82) is 0 Å². The Hall–Kier alpha value is -1.65. The normalized spacial score (nSPS) is 11.9. The maximum absolute atomic E-state index is 12.1. The molecule has 0 aliphatic heterocycles. The van der Waals surface area contributed by atoms with Crippen LogP contribution in [-0.2, 0) is 4.79 Å². The van der Waals surface area contributed by atoms with Crippen LogP contribution < -0.4 is 11.1 Å². The molecule has 2 aromatic carbocycles. The van der Waals surface area contributed by atoms with E-state index in [1.165, 1.54) is 0 Å². The first-order chi connectivity index (χ1) is 9.08. The standard InChI is InChI=1S/C15H15BrN2O/c1-10-7-8-12(9-13(10)16)18-15(19)14(17)11-5-3-2-4-6-11/h2-9,14H,17H2,1H3,(H,18,19)/t14-/m1/s1. The quantitative estimate of drug-likeness (QED) is 0.911. The Bertz CT molecular complexity index is 584. The number of nitrogens with two attached hydrogens (primary N) is 1. The summed E-state index contributed by atoms with van der Waals surface area (Å²) in [4.78, 5) is 12.1.